The molecule has 10 heteroatoms. The number of hydrogen-bond donors (Lipinski definition) is 2. The third-order valence-electron chi connectivity index (χ3n) is 4.91. The van der Waals surface area contributed by atoms with E-state index < -0.39 is 17.8 Å². The Balaban J connectivity index is 1.68. The van der Waals surface area contributed by atoms with Crippen molar-refractivity contribution in [3.63, 3.8) is 0 Å². The summed E-state index contributed by atoms with van der Waals surface area (Å²) in [6.45, 7) is 1.82. The largest absolute Gasteiger partial charge is 0.478 e. The van der Waals surface area contributed by atoms with Crippen LogP contribution in [0.15, 0.2) is 58.5 Å². The van der Waals surface area contributed by atoms with E-state index in [-0.39, 0.29) is 27.0 Å². The number of halogens is 2. The normalized spacial score (nSPS) is 15.2. The Morgan fingerprint density at radius 2 is 1.85 bits per heavy atom. The Morgan fingerprint density at radius 1 is 1.09 bits per heavy atom. The Bertz CT molecular complexity index is 1380. The summed E-state index contributed by atoms with van der Waals surface area (Å²) in [6.07, 6.45) is 1.29. The molecule has 1 aliphatic rings. The highest BCUT2D eigenvalue weighted by atomic mass is 35.5. The maximum absolute atomic E-state index is 13.1. The number of hydrogen-bond acceptors (Lipinski definition) is 5. The first kappa shape index (κ1) is 22.7. The number of aromatic carboxylic acids is 1. The van der Waals surface area contributed by atoms with Crippen LogP contribution in [-0.2, 0) is 9.59 Å². The highest BCUT2D eigenvalue weighted by Gasteiger charge is 2.35. The van der Waals surface area contributed by atoms with Crippen molar-refractivity contribution in [1.82, 2.24) is 5.32 Å². The number of thiocarbonyl (C=S) groups is 1. The van der Waals surface area contributed by atoms with Crippen LogP contribution in [0.1, 0.15) is 21.7 Å². The minimum atomic E-state index is -1.17. The van der Waals surface area contributed by atoms with Crippen LogP contribution >= 0.6 is 35.4 Å². The molecule has 1 aliphatic heterocycles. The molecule has 0 saturated carbocycles. The summed E-state index contributed by atoms with van der Waals surface area (Å²) < 4.78 is 5.73. The van der Waals surface area contributed by atoms with Gasteiger partial charge in [-0.15, -0.1) is 0 Å². The van der Waals surface area contributed by atoms with Crippen molar-refractivity contribution in [2.75, 3.05) is 4.90 Å². The second-order valence-electron chi connectivity index (χ2n) is 7.09. The highest BCUT2D eigenvalue weighted by Crippen LogP contribution is 2.29. The number of amides is 2. The number of nitrogens with zero attached hydrogens (tertiary/aromatic N) is 1. The monoisotopic (exact) mass is 500 g/mol. The molecule has 1 fully saturated rings. The Hall–Kier alpha value is -3.46. The summed E-state index contributed by atoms with van der Waals surface area (Å²) in [7, 11) is 0. The van der Waals surface area contributed by atoms with E-state index in [9.17, 15) is 19.5 Å². The molecule has 166 valence electrons. The van der Waals surface area contributed by atoms with Gasteiger partial charge in [0.15, 0.2) is 5.11 Å². The molecule has 0 atom stereocenters. The SMILES string of the molecule is Cc1ccc(N2C(=O)/C(=C\c3ccc(-c4ccc(Cl)c(C(=O)O)c4)o3)C(=O)NC2=S)cc1Cl. The molecule has 7 nitrogen and oxygen atoms in total. The lowest BCUT2D eigenvalue weighted by atomic mass is 10.1. The second-order valence-corrected chi connectivity index (χ2v) is 8.29. The maximum Gasteiger partial charge on any atom is 0.337 e. The summed E-state index contributed by atoms with van der Waals surface area (Å²) in [5.41, 5.74) is 1.44. The van der Waals surface area contributed by atoms with E-state index in [4.69, 9.17) is 39.8 Å². The van der Waals surface area contributed by atoms with Crippen LogP contribution in [0.3, 0.4) is 0 Å². The summed E-state index contributed by atoms with van der Waals surface area (Å²) in [5, 5.41) is 12.2. The average Bonchev–Trinajstić information content (AvgIpc) is 3.22. The fourth-order valence-corrected chi connectivity index (χ4v) is 3.84. The number of anilines is 1. The van der Waals surface area contributed by atoms with Crippen LogP contribution in [-0.4, -0.2) is 28.0 Å². The summed E-state index contributed by atoms with van der Waals surface area (Å²) in [5.74, 6) is -1.93. The van der Waals surface area contributed by atoms with Crippen LogP contribution in [0.25, 0.3) is 17.4 Å². The topological polar surface area (TPSA) is 99.8 Å². The molecule has 0 aliphatic carbocycles. The minimum Gasteiger partial charge on any atom is -0.478 e. The third-order valence-corrected chi connectivity index (χ3v) is 5.93. The lowest BCUT2D eigenvalue weighted by Crippen LogP contribution is -2.54. The van der Waals surface area contributed by atoms with Gasteiger partial charge in [-0.1, -0.05) is 29.3 Å². The van der Waals surface area contributed by atoms with Crippen LogP contribution in [0.4, 0.5) is 5.69 Å². The van der Waals surface area contributed by atoms with Gasteiger partial charge in [0.2, 0.25) is 0 Å². The first-order valence-corrected chi connectivity index (χ1v) is 10.6. The van der Waals surface area contributed by atoms with Crippen molar-refractivity contribution in [3.8, 4) is 11.3 Å². The van der Waals surface area contributed by atoms with E-state index in [0.29, 0.717) is 22.0 Å². The number of aryl methyl sites for hydroxylation is 1. The zero-order chi connectivity index (χ0) is 23.9. The van der Waals surface area contributed by atoms with E-state index in [0.717, 1.165) is 5.56 Å². The molecule has 2 N–H and O–H groups in total. The van der Waals surface area contributed by atoms with Crippen molar-refractivity contribution in [2.45, 2.75) is 6.92 Å². The van der Waals surface area contributed by atoms with Gasteiger partial charge in [0.1, 0.15) is 17.1 Å². The smallest absolute Gasteiger partial charge is 0.337 e. The molecule has 0 spiro atoms. The maximum atomic E-state index is 13.1. The van der Waals surface area contributed by atoms with Gasteiger partial charge in [0, 0.05) is 10.6 Å². The minimum absolute atomic E-state index is 0.0652. The number of carboxylic acids is 1. The highest BCUT2D eigenvalue weighted by molar-refractivity contribution is 7.80. The summed E-state index contributed by atoms with van der Waals surface area (Å²) >= 11 is 17.3. The molecule has 2 heterocycles. The molecule has 1 saturated heterocycles. The number of benzene rings is 2. The molecule has 33 heavy (non-hydrogen) atoms. The number of rotatable bonds is 4. The van der Waals surface area contributed by atoms with Gasteiger partial charge in [-0.2, -0.15) is 0 Å². The standard InChI is InChI=1S/C23H14Cl2N2O5S/c1-11-2-4-13(9-18(11)25)27-21(29)16(20(28)26-23(27)33)10-14-5-7-19(32-14)12-3-6-17(24)15(8-12)22(30)31/h2-10H,1H3,(H,30,31)(H,26,28,33)/b16-10-. The molecule has 2 aromatic carbocycles. The quantitative estimate of drug-likeness (QED) is 0.294. The predicted molar refractivity (Wildman–Crippen MR) is 129 cm³/mol. The fraction of sp³-hybridized carbons (Fsp3) is 0.0435. The Labute approximate surface area is 203 Å². The summed E-state index contributed by atoms with van der Waals surface area (Å²) in [4.78, 5) is 38.1. The number of nitrogens with one attached hydrogen (secondary N) is 1. The lowest BCUT2D eigenvalue weighted by Gasteiger charge is -2.29. The summed E-state index contributed by atoms with van der Waals surface area (Å²) in [6, 6.07) is 12.6. The molecular formula is C23H14Cl2N2O5S. The lowest BCUT2D eigenvalue weighted by molar-refractivity contribution is -0.122. The zero-order valence-electron chi connectivity index (χ0n) is 16.9. The van der Waals surface area contributed by atoms with E-state index in [1.54, 1.807) is 36.4 Å². The molecule has 0 radical (unpaired) electrons. The van der Waals surface area contributed by atoms with Crippen molar-refractivity contribution in [2.24, 2.45) is 0 Å². The Morgan fingerprint density at radius 3 is 2.55 bits per heavy atom. The van der Waals surface area contributed by atoms with Crippen molar-refractivity contribution >= 4 is 70.1 Å². The third kappa shape index (κ3) is 4.41. The van der Waals surface area contributed by atoms with Gasteiger partial charge >= 0.3 is 5.97 Å². The average molecular weight is 501 g/mol. The number of furan rings is 1. The second kappa shape index (κ2) is 8.82. The molecule has 3 aromatic rings. The van der Waals surface area contributed by atoms with Crippen LogP contribution in [0, 0.1) is 6.92 Å². The van der Waals surface area contributed by atoms with Crippen molar-refractivity contribution < 1.29 is 23.9 Å². The van der Waals surface area contributed by atoms with Gasteiger partial charge in [0.05, 0.1) is 16.3 Å². The van der Waals surface area contributed by atoms with Gasteiger partial charge in [-0.05, 0) is 73.2 Å². The fourth-order valence-electron chi connectivity index (χ4n) is 3.18. The first-order valence-electron chi connectivity index (χ1n) is 9.46. The molecule has 0 unspecified atom stereocenters. The van der Waals surface area contributed by atoms with Gasteiger partial charge in [-0.25, -0.2) is 4.79 Å². The molecule has 2 amide bonds. The number of carboxylic acid groups (broad SMARTS) is 1. The van der Waals surface area contributed by atoms with Crippen molar-refractivity contribution in [1.29, 1.82) is 0 Å². The van der Waals surface area contributed by atoms with Gasteiger partial charge in [0.25, 0.3) is 11.8 Å². The van der Waals surface area contributed by atoms with E-state index in [1.165, 1.54) is 23.1 Å². The van der Waals surface area contributed by atoms with Crippen LogP contribution in [0.2, 0.25) is 10.0 Å². The zero-order valence-corrected chi connectivity index (χ0v) is 19.2. The molecule has 1 aromatic heterocycles. The van der Waals surface area contributed by atoms with Crippen molar-refractivity contribution in [3.05, 3.63) is 81.0 Å². The van der Waals surface area contributed by atoms with E-state index >= 15 is 0 Å². The molecule has 0 bridgehead atoms. The van der Waals surface area contributed by atoms with Crippen LogP contribution < -0.4 is 10.2 Å². The van der Waals surface area contributed by atoms with E-state index in [1.807, 2.05) is 6.92 Å². The van der Waals surface area contributed by atoms with Crippen LogP contribution in [0.5, 0.6) is 0 Å². The molecular weight excluding hydrogens is 487 g/mol. The van der Waals surface area contributed by atoms with Gasteiger partial charge < -0.3 is 9.52 Å². The first-order chi connectivity index (χ1) is 15.7. The predicted octanol–water partition coefficient (Wildman–Crippen LogP) is 5.09. The Kier molecular flexibility index (Phi) is 6.07. The number of carbonyl (C=O) groups excluding carboxylic acids is 2. The van der Waals surface area contributed by atoms with Gasteiger partial charge in [-0.3, -0.25) is 19.8 Å². The molecule has 4 rings (SSSR count). The van der Waals surface area contributed by atoms with E-state index in [2.05, 4.69) is 5.32 Å². The number of carbonyl (C=O) groups is 3.